The van der Waals surface area contributed by atoms with E-state index in [1.165, 1.54) is 22.5 Å². The molecule has 0 aliphatic rings. The number of hydrogen-bond donors (Lipinski definition) is 0. The molecule has 0 fully saturated rings. The second-order valence-corrected chi connectivity index (χ2v) is 7.52. The van der Waals surface area contributed by atoms with Crippen molar-refractivity contribution in [1.29, 1.82) is 5.26 Å². The molecule has 7 heteroatoms. The van der Waals surface area contributed by atoms with Gasteiger partial charge in [-0.15, -0.1) is 0 Å². The minimum Gasteiger partial charge on any atom is -0.207 e. The fourth-order valence-corrected chi connectivity index (χ4v) is 4.15. The Balaban J connectivity index is 2.47. The predicted octanol–water partition coefficient (Wildman–Crippen LogP) is 4.08. The molecule has 23 heavy (non-hydrogen) atoms. The Bertz CT molecular complexity index is 861. The van der Waals surface area contributed by atoms with Crippen LogP contribution in [0, 0.1) is 11.3 Å². The van der Waals surface area contributed by atoms with Crippen molar-refractivity contribution in [1.82, 2.24) is 4.31 Å². The first kappa shape index (κ1) is 17.8. The van der Waals surface area contributed by atoms with E-state index in [4.69, 9.17) is 28.5 Å². The van der Waals surface area contributed by atoms with E-state index < -0.39 is 10.0 Å². The molecule has 0 amide bonds. The fraction of sp³-hybridized carbons (Fsp3) is 0.188. The summed E-state index contributed by atoms with van der Waals surface area (Å²) in [6.07, 6.45) is 0. The molecule has 0 aliphatic heterocycles. The molecule has 0 atom stereocenters. The monoisotopic (exact) mass is 368 g/mol. The van der Waals surface area contributed by atoms with E-state index in [9.17, 15) is 8.42 Å². The van der Waals surface area contributed by atoms with E-state index in [-0.39, 0.29) is 28.6 Å². The first-order valence-electron chi connectivity index (χ1n) is 6.83. The van der Waals surface area contributed by atoms with Gasteiger partial charge in [0.1, 0.15) is 11.0 Å². The zero-order valence-electron chi connectivity index (χ0n) is 12.3. The fourth-order valence-electron chi connectivity index (χ4n) is 2.12. The minimum absolute atomic E-state index is 0.0620. The first-order valence-corrected chi connectivity index (χ1v) is 9.03. The average molecular weight is 369 g/mol. The third-order valence-electron chi connectivity index (χ3n) is 3.34. The standard InChI is InChI=1S/C16H14Cl2N2O2S/c1-2-20(11-13-5-3-4-6-15(13)18)23(21,22)16-9-14(17)8-7-12(16)10-19/h3-9H,2,11H2,1H3. The van der Waals surface area contributed by atoms with Crippen molar-refractivity contribution >= 4 is 33.2 Å². The second-order valence-electron chi connectivity index (χ2n) is 4.77. The molecule has 0 heterocycles. The van der Waals surface area contributed by atoms with Gasteiger partial charge in [0.2, 0.25) is 10.0 Å². The van der Waals surface area contributed by atoms with Gasteiger partial charge in [0.15, 0.2) is 0 Å². The molecule has 0 bridgehead atoms. The predicted molar refractivity (Wildman–Crippen MR) is 90.9 cm³/mol. The lowest BCUT2D eigenvalue weighted by Crippen LogP contribution is -2.31. The van der Waals surface area contributed by atoms with Crippen LogP contribution in [-0.4, -0.2) is 19.3 Å². The molecule has 0 saturated carbocycles. The molecule has 4 nitrogen and oxygen atoms in total. The van der Waals surface area contributed by atoms with Gasteiger partial charge in [-0.3, -0.25) is 0 Å². The van der Waals surface area contributed by atoms with Crippen molar-refractivity contribution < 1.29 is 8.42 Å². The van der Waals surface area contributed by atoms with Crippen LogP contribution in [0.5, 0.6) is 0 Å². The Morgan fingerprint density at radius 3 is 2.48 bits per heavy atom. The van der Waals surface area contributed by atoms with Crippen LogP contribution in [0.2, 0.25) is 10.0 Å². The van der Waals surface area contributed by atoms with Crippen LogP contribution < -0.4 is 0 Å². The molecular weight excluding hydrogens is 355 g/mol. The lowest BCUT2D eigenvalue weighted by atomic mass is 10.2. The third kappa shape index (κ3) is 3.85. The number of sulfonamides is 1. The minimum atomic E-state index is -3.86. The van der Waals surface area contributed by atoms with Crippen LogP contribution in [0.15, 0.2) is 47.4 Å². The highest BCUT2D eigenvalue weighted by atomic mass is 35.5. The molecule has 2 aromatic rings. The SMILES string of the molecule is CCN(Cc1ccccc1Cl)S(=O)(=O)c1cc(Cl)ccc1C#N. The van der Waals surface area contributed by atoms with Gasteiger partial charge in [0.05, 0.1) is 5.56 Å². The van der Waals surface area contributed by atoms with E-state index in [0.29, 0.717) is 10.6 Å². The number of nitrogens with zero attached hydrogens (tertiary/aromatic N) is 2. The Morgan fingerprint density at radius 1 is 1.17 bits per heavy atom. The first-order chi connectivity index (χ1) is 10.9. The van der Waals surface area contributed by atoms with E-state index in [1.54, 1.807) is 31.2 Å². The van der Waals surface area contributed by atoms with Gasteiger partial charge in [-0.25, -0.2) is 8.42 Å². The zero-order chi connectivity index (χ0) is 17.0. The highest BCUT2D eigenvalue weighted by molar-refractivity contribution is 7.89. The Morgan fingerprint density at radius 2 is 1.87 bits per heavy atom. The highest BCUT2D eigenvalue weighted by Gasteiger charge is 2.27. The second kappa shape index (κ2) is 7.33. The van der Waals surface area contributed by atoms with Gasteiger partial charge >= 0.3 is 0 Å². The number of nitriles is 1. The summed E-state index contributed by atoms with van der Waals surface area (Å²) < 4.78 is 27.0. The van der Waals surface area contributed by atoms with Crippen LogP contribution in [0.4, 0.5) is 0 Å². The van der Waals surface area contributed by atoms with Gasteiger partial charge in [-0.1, -0.05) is 48.3 Å². The molecule has 0 saturated heterocycles. The normalized spacial score (nSPS) is 11.4. The van der Waals surface area contributed by atoms with Gasteiger partial charge < -0.3 is 0 Å². The maximum absolute atomic E-state index is 12.9. The van der Waals surface area contributed by atoms with Gasteiger partial charge in [0.25, 0.3) is 0 Å². The average Bonchev–Trinajstić information content (AvgIpc) is 2.53. The summed E-state index contributed by atoms with van der Waals surface area (Å²) in [6, 6.07) is 13.1. The number of benzene rings is 2. The van der Waals surface area contributed by atoms with Crippen molar-refractivity contribution in [3.05, 3.63) is 63.6 Å². The van der Waals surface area contributed by atoms with E-state index in [0.717, 1.165) is 0 Å². The summed E-state index contributed by atoms with van der Waals surface area (Å²) in [6.45, 7) is 2.09. The smallest absolute Gasteiger partial charge is 0.207 e. The third-order valence-corrected chi connectivity index (χ3v) is 5.90. The summed E-state index contributed by atoms with van der Waals surface area (Å²) in [7, 11) is -3.86. The number of halogens is 2. The van der Waals surface area contributed by atoms with E-state index in [1.807, 2.05) is 6.07 Å². The maximum Gasteiger partial charge on any atom is 0.244 e. The molecule has 0 radical (unpaired) electrons. The lowest BCUT2D eigenvalue weighted by molar-refractivity contribution is 0.423. The molecule has 0 unspecified atom stereocenters. The summed E-state index contributed by atoms with van der Waals surface area (Å²) in [4.78, 5) is -0.0959. The quantitative estimate of drug-likeness (QED) is 0.798. The molecule has 0 N–H and O–H groups in total. The summed E-state index contributed by atoms with van der Waals surface area (Å²) in [5.74, 6) is 0. The molecular formula is C16H14Cl2N2O2S. The summed E-state index contributed by atoms with van der Waals surface area (Å²) >= 11 is 12.0. The molecule has 2 aromatic carbocycles. The van der Waals surface area contributed by atoms with E-state index >= 15 is 0 Å². The maximum atomic E-state index is 12.9. The number of hydrogen-bond acceptors (Lipinski definition) is 3. The molecule has 120 valence electrons. The van der Waals surface area contributed by atoms with Crippen molar-refractivity contribution in [2.75, 3.05) is 6.54 Å². The Labute approximate surface area is 145 Å². The molecule has 0 aromatic heterocycles. The van der Waals surface area contributed by atoms with Crippen molar-refractivity contribution in [3.63, 3.8) is 0 Å². The van der Waals surface area contributed by atoms with Gasteiger partial charge in [0, 0.05) is 23.1 Å². The molecule has 0 aliphatic carbocycles. The Kier molecular flexibility index (Phi) is 5.66. The lowest BCUT2D eigenvalue weighted by Gasteiger charge is -2.21. The van der Waals surface area contributed by atoms with Crippen molar-refractivity contribution in [3.8, 4) is 6.07 Å². The summed E-state index contributed by atoms with van der Waals surface area (Å²) in [5.41, 5.74) is 0.757. The highest BCUT2D eigenvalue weighted by Crippen LogP contribution is 2.26. The van der Waals surface area contributed by atoms with Gasteiger partial charge in [-0.2, -0.15) is 9.57 Å². The molecule has 2 rings (SSSR count). The Hall–Kier alpha value is -1.58. The topological polar surface area (TPSA) is 61.2 Å². The van der Waals surface area contributed by atoms with Gasteiger partial charge in [-0.05, 0) is 29.8 Å². The van der Waals surface area contributed by atoms with Crippen LogP contribution in [0.3, 0.4) is 0 Å². The zero-order valence-corrected chi connectivity index (χ0v) is 14.7. The van der Waals surface area contributed by atoms with E-state index in [2.05, 4.69) is 0 Å². The van der Waals surface area contributed by atoms with Crippen molar-refractivity contribution in [2.45, 2.75) is 18.4 Å². The molecule has 0 spiro atoms. The number of rotatable bonds is 5. The van der Waals surface area contributed by atoms with Crippen LogP contribution in [0.1, 0.15) is 18.1 Å². The van der Waals surface area contributed by atoms with Crippen LogP contribution in [0.25, 0.3) is 0 Å². The largest absolute Gasteiger partial charge is 0.244 e. The van der Waals surface area contributed by atoms with Crippen molar-refractivity contribution in [2.24, 2.45) is 0 Å². The van der Waals surface area contributed by atoms with Crippen LogP contribution in [-0.2, 0) is 16.6 Å². The van der Waals surface area contributed by atoms with Crippen LogP contribution >= 0.6 is 23.2 Å². The summed E-state index contributed by atoms with van der Waals surface area (Å²) in [5, 5.41) is 9.92.